The molecule has 2 heterocycles. The maximum Gasteiger partial charge on any atom is 0.178 e. The van der Waals surface area contributed by atoms with Crippen molar-refractivity contribution in [2.75, 3.05) is 6.54 Å². The smallest absolute Gasteiger partial charge is 0.178 e. The van der Waals surface area contributed by atoms with Crippen molar-refractivity contribution in [1.82, 2.24) is 15.0 Å². The summed E-state index contributed by atoms with van der Waals surface area (Å²) in [5.74, 6) is 0.561. The van der Waals surface area contributed by atoms with E-state index in [1.807, 2.05) is 13.8 Å². The average molecular weight is 274 g/mol. The molecule has 0 amide bonds. The van der Waals surface area contributed by atoms with E-state index < -0.39 is 0 Å². The first-order valence-corrected chi connectivity index (χ1v) is 6.67. The molecule has 106 valence electrons. The molecule has 0 aliphatic rings. The van der Waals surface area contributed by atoms with Crippen molar-refractivity contribution in [2.45, 2.75) is 27.2 Å². The van der Waals surface area contributed by atoms with Crippen molar-refractivity contribution < 1.29 is 4.39 Å². The quantitative estimate of drug-likeness (QED) is 0.930. The highest BCUT2D eigenvalue weighted by Crippen LogP contribution is 2.19. The molecule has 2 aromatic heterocycles. The minimum Gasteiger partial charge on any atom is -0.330 e. The van der Waals surface area contributed by atoms with Crippen molar-refractivity contribution in [3.05, 3.63) is 41.1 Å². The number of halogens is 1. The van der Waals surface area contributed by atoms with Gasteiger partial charge in [-0.2, -0.15) is 0 Å². The van der Waals surface area contributed by atoms with Gasteiger partial charge in [0.05, 0.1) is 6.20 Å². The third-order valence-electron chi connectivity index (χ3n) is 3.33. The molecule has 2 rings (SSSR count). The molecule has 1 atom stereocenters. The van der Waals surface area contributed by atoms with Gasteiger partial charge in [-0.3, -0.25) is 0 Å². The molecule has 0 fully saturated rings. The van der Waals surface area contributed by atoms with Gasteiger partial charge in [0, 0.05) is 11.4 Å². The molecular weight excluding hydrogens is 255 g/mol. The third kappa shape index (κ3) is 3.17. The molecule has 2 aromatic rings. The van der Waals surface area contributed by atoms with Crippen LogP contribution >= 0.6 is 0 Å². The lowest BCUT2D eigenvalue weighted by Crippen LogP contribution is -2.15. The van der Waals surface area contributed by atoms with Crippen molar-refractivity contribution in [2.24, 2.45) is 11.7 Å². The molecule has 0 aromatic carbocycles. The molecular formula is C15H19FN4. The summed E-state index contributed by atoms with van der Waals surface area (Å²) in [5.41, 5.74) is 9.24. The highest BCUT2D eigenvalue weighted by atomic mass is 19.1. The summed E-state index contributed by atoms with van der Waals surface area (Å²) in [6.07, 6.45) is 2.04. The Balaban J connectivity index is 2.37. The fourth-order valence-electron chi connectivity index (χ4n) is 2.09. The van der Waals surface area contributed by atoms with Crippen LogP contribution in [0.1, 0.15) is 23.9 Å². The van der Waals surface area contributed by atoms with E-state index in [-0.39, 0.29) is 5.82 Å². The van der Waals surface area contributed by atoms with Gasteiger partial charge in [0.25, 0.3) is 0 Å². The Morgan fingerprint density at radius 2 is 1.85 bits per heavy atom. The molecule has 0 aliphatic heterocycles. The van der Waals surface area contributed by atoms with Crippen LogP contribution in [0.5, 0.6) is 0 Å². The molecule has 2 N–H and O–H groups in total. The van der Waals surface area contributed by atoms with Crippen molar-refractivity contribution in [1.29, 1.82) is 0 Å². The first-order chi connectivity index (χ1) is 9.51. The largest absolute Gasteiger partial charge is 0.330 e. The lowest BCUT2D eigenvalue weighted by molar-refractivity contribution is 0.586. The molecule has 0 saturated heterocycles. The van der Waals surface area contributed by atoms with E-state index in [9.17, 15) is 4.39 Å². The van der Waals surface area contributed by atoms with E-state index in [1.165, 1.54) is 12.3 Å². The van der Waals surface area contributed by atoms with E-state index in [0.717, 1.165) is 23.4 Å². The maximum absolute atomic E-state index is 12.9. The normalized spacial score (nSPS) is 12.4. The van der Waals surface area contributed by atoms with E-state index in [2.05, 4.69) is 21.9 Å². The van der Waals surface area contributed by atoms with Crippen LogP contribution in [0.15, 0.2) is 18.3 Å². The first-order valence-electron chi connectivity index (χ1n) is 6.67. The minimum absolute atomic E-state index is 0.365. The number of rotatable bonds is 4. The van der Waals surface area contributed by atoms with E-state index in [1.54, 1.807) is 6.07 Å². The second-order valence-corrected chi connectivity index (χ2v) is 5.10. The summed E-state index contributed by atoms with van der Waals surface area (Å²) < 4.78 is 12.9. The Bertz CT molecular complexity index is 572. The second-order valence-electron chi connectivity index (χ2n) is 5.10. The lowest BCUT2D eigenvalue weighted by atomic mass is 9.99. The van der Waals surface area contributed by atoms with Crippen LogP contribution in [0.4, 0.5) is 4.39 Å². The zero-order valence-electron chi connectivity index (χ0n) is 12.0. The zero-order chi connectivity index (χ0) is 14.7. The van der Waals surface area contributed by atoms with Crippen molar-refractivity contribution in [3.63, 3.8) is 0 Å². The topological polar surface area (TPSA) is 64.7 Å². The summed E-state index contributed by atoms with van der Waals surface area (Å²) in [7, 11) is 0. The first kappa shape index (κ1) is 14.5. The molecule has 1 unspecified atom stereocenters. The number of nitrogens with two attached hydrogens (primary N) is 1. The van der Waals surface area contributed by atoms with Crippen LogP contribution in [-0.2, 0) is 6.42 Å². The van der Waals surface area contributed by atoms with Crippen LogP contribution in [-0.4, -0.2) is 21.5 Å². The van der Waals surface area contributed by atoms with Crippen LogP contribution < -0.4 is 5.73 Å². The molecule has 0 bridgehead atoms. The van der Waals surface area contributed by atoms with Gasteiger partial charge < -0.3 is 5.73 Å². The van der Waals surface area contributed by atoms with Crippen molar-refractivity contribution in [3.8, 4) is 11.5 Å². The van der Waals surface area contributed by atoms with Gasteiger partial charge in [-0.25, -0.2) is 19.3 Å². The fourth-order valence-corrected chi connectivity index (χ4v) is 2.09. The minimum atomic E-state index is -0.365. The Labute approximate surface area is 118 Å². The number of pyridine rings is 1. The summed E-state index contributed by atoms with van der Waals surface area (Å²) in [6.45, 7) is 6.66. The molecule has 20 heavy (non-hydrogen) atoms. The number of nitrogens with zero attached hydrogens (tertiary/aromatic N) is 3. The van der Waals surface area contributed by atoms with E-state index in [4.69, 9.17) is 5.73 Å². The van der Waals surface area contributed by atoms with E-state index in [0.29, 0.717) is 24.0 Å². The highest BCUT2D eigenvalue weighted by molar-refractivity contribution is 5.50. The van der Waals surface area contributed by atoms with Crippen LogP contribution in [0.25, 0.3) is 11.5 Å². The van der Waals surface area contributed by atoms with Gasteiger partial charge in [-0.05, 0) is 50.4 Å². The summed E-state index contributed by atoms with van der Waals surface area (Å²) in [6, 6.07) is 2.95. The maximum atomic E-state index is 12.9. The second kappa shape index (κ2) is 6.05. The summed E-state index contributed by atoms with van der Waals surface area (Å²) in [4.78, 5) is 13.0. The number of aryl methyl sites for hydroxylation is 2. The lowest BCUT2D eigenvalue weighted by Gasteiger charge is -2.14. The Morgan fingerprint density at radius 1 is 1.20 bits per heavy atom. The standard InChI is InChI=1S/C15H19FN4/c1-9(7-17)6-13-10(2)19-15(20-11(13)3)14-5-4-12(16)8-18-14/h4-5,8-9H,6-7,17H2,1-3H3. The molecule has 4 nitrogen and oxygen atoms in total. The Kier molecular flexibility index (Phi) is 4.39. The zero-order valence-corrected chi connectivity index (χ0v) is 12.0. The van der Waals surface area contributed by atoms with Gasteiger partial charge in [0.1, 0.15) is 11.5 Å². The number of hydrogen-bond acceptors (Lipinski definition) is 4. The van der Waals surface area contributed by atoms with Crippen LogP contribution in [0.3, 0.4) is 0 Å². The van der Waals surface area contributed by atoms with E-state index >= 15 is 0 Å². The van der Waals surface area contributed by atoms with Crippen molar-refractivity contribution >= 4 is 0 Å². The monoisotopic (exact) mass is 274 g/mol. The van der Waals surface area contributed by atoms with Crippen LogP contribution in [0, 0.1) is 25.6 Å². The molecule has 0 spiro atoms. The Morgan fingerprint density at radius 3 is 2.35 bits per heavy atom. The van der Waals surface area contributed by atoms with Gasteiger partial charge in [0.15, 0.2) is 5.82 Å². The average Bonchev–Trinajstić information content (AvgIpc) is 2.43. The third-order valence-corrected chi connectivity index (χ3v) is 3.33. The molecule has 5 heteroatoms. The molecule has 0 radical (unpaired) electrons. The highest BCUT2D eigenvalue weighted by Gasteiger charge is 2.13. The predicted octanol–water partition coefficient (Wildman–Crippen LogP) is 2.43. The predicted molar refractivity (Wildman–Crippen MR) is 76.6 cm³/mol. The number of aromatic nitrogens is 3. The SMILES string of the molecule is Cc1nc(-c2ccc(F)cn2)nc(C)c1CC(C)CN. The van der Waals surface area contributed by atoms with Crippen LogP contribution in [0.2, 0.25) is 0 Å². The van der Waals surface area contributed by atoms with Gasteiger partial charge >= 0.3 is 0 Å². The fraction of sp³-hybridized carbons (Fsp3) is 0.400. The summed E-state index contributed by atoms with van der Waals surface area (Å²) in [5, 5.41) is 0. The van der Waals surface area contributed by atoms with Gasteiger partial charge in [-0.1, -0.05) is 6.92 Å². The summed E-state index contributed by atoms with van der Waals surface area (Å²) >= 11 is 0. The number of hydrogen-bond donors (Lipinski definition) is 1. The van der Waals surface area contributed by atoms with Gasteiger partial charge in [-0.15, -0.1) is 0 Å². The molecule has 0 aliphatic carbocycles. The van der Waals surface area contributed by atoms with Gasteiger partial charge in [0.2, 0.25) is 0 Å². The Hall–Kier alpha value is -1.88. The molecule has 0 saturated carbocycles.